The Labute approximate surface area is 157 Å². The average molecular weight is 396 g/mol. The molecule has 27 heavy (non-hydrogen) atoms. The number of methoxy groups -OCH3 is 1. The van der Waals surface area contributed by atoms with Crippen LogP contribution in [0.2, 0.25) is 0 Å². The number of hydrogen-bond donors (Lipinski definition) is 0. The molecular weight excluding hydrogens is 381 g/mol. The Bertz CT molecular complexity index is 911. The summed E-state index contributed by atoms with van der Waals surface area (Å²) < 4.78 is 51.8. The van der Waals surface area contributed by atoms with Gasteiger partial charge in [0.15, 0.2) is 5.01 Å². The lowest BCUT2D eigenvalue weighted by Crippen LogP contribution is -2.16. The summed E-state index contributed by atoms with van der Waals surface area (Å²) in [5.74, 6) is 0.830. The van der Waals surface area contributed by atoms with E-state index in [2.05, 4.69) is 14.9 Å². The molecule has 3 rings (SSSR count). The quantitative estimate of drug-likeness (QED) is 0.587. The van der Waals surface area contributed by atoms with E-state index in [1.807, 2.05) is 6.92 Å². The molecule has 0 N–H and O–H groups in total. The Morgan fingerprint density at radius 2 is 1.63 bits per heavy atom. The maximum Gasteiger partial charge on any atom is 0.573 e. The summed E-state index contributed by atoms with van der Waals surface area (Å²) in [4.78, 5) is 0. The van der Waals surface area contributed by atoms with Gasteiger partial charge in [-0.25, -0.2) is 0 Å². The predicted octanol–water partition coefficient (Wildman–Crippen LogP) is 5.00. The fourth-order valence-electron chi connectivity index (χ4n) is 2.33. The van der Waals surface area contributed by atoms with Crippen LogP contribution in [0.5, 0.6) is 17.2 Å². The van der Waals surface area contributed by atoms with E-state index in [4.69, 9.17) is 9.47 Å². The Kier molecular flexibility index (Phi) is 5.50. The minimum absolute atomic E-state index is 0.260. The van der Waals surface area contributed by atoms with Gasteiger partial charge in [0.1, 0.15) is 28.9 Å². The first-order valence-corrected chi connectivity index (χ1v) is 8.61. The second-order valence-electron chi connectivity index (χ2n) is 5.47. The molecular formula is C18H15F3N2O3S. The number of aryl methyl sites for hydroxylation is 1. The second-order valence-corrected chi connectivity index (χ2v) is 6.74. The molecule has 5 nitrogen and oxygen atoms in total. The van der Waals surface area contributed by atoms with Crippen molar-refractivity contribution in [3.8, 4) is 28.4 Å². The molecule has 142 valence electrons. The fraction of sp³-hybridized carbons (Fsp3) is 0.222. The van der Waals surface area contributed by atoms with Gasteiger partial charge in [-0.05, 0) is 42.3 Å². The van der Waals surface area contributed by atoms with Crippen LogP contribution in [-0.4, -0.2) is 23.7 Å². The first kappa shape index (κ1) is 19.0. The smallest absolute Gasteiger partial charge is 0.497 e. The second kappa shape index (κ2) is 7.83. The van der Waals surface area contributed by atoms with E-state index in [0.717, 1.165) is 15.6 Å². The summed E-state index contributed by atoms with van der Waals surface area (Å²) >= 11 is 1.44. The van der Waals surface area contributed by atoms with Crippen LogP contribution in [-0.2, 0) is 6.61 Å². The maximum atomic E-state index is 12.3. The van der Waals surface area contributed by atoms with Gasteiger partial charge in [0.25, 0.3) is 0 Å². The molecule has 1 heterocycles. The van der Waals surface area contributed by atoms with Crippen molar-refractivity contribution in [2.75, 3.05) is 7.11 Å². The van der Waals surface area contributed by atoms with E-state index in [0.29, 0.717) is 17.1 Å². The van der Waals surface area contributed by atoms with Crippen molar-refractivity contribution in [3.63, 3.8) is 0 Å². The molecule has 0 fully saturated rings. The monoisotopic (exact) mass is 396 g/mol. The van der Waals surface area contributed by atoms with Crippen molar-refractivity contribution < 1.29 is 27.4 Å². The number of benzene rings is 2. The molecule has 0 bridgehead atoms. The van der Waals surface area contributed by atoms with Gasteiger partial charge in [-0.3, -0.25) is 0 Å². The largest absolute Gasteiger partial charge is 0.573 e. The zero-order valence-corrected chi connectivity index (χ0v) is 15.2. The van der Waals surface area contributed by atoms with Crippen molar-refractivity contribution in [1.29, 1.82) is 0 Å². The van der Waals surface area contributed by atoms with E-state index in [1.165, 1.54) is 42.7 Å². The molecule has 0 saturated heterocycles. The lowest BCUT2D eigenvalue weighted by molar-refractivity contribution is -0.274. The van der Waals surface area contributed by atoms with Crippen LogP contribution in [0.4, 0.5) is 13.2 Å². The lowest BCUT2D eigenvalue weighted by Gasteiger charge is -2.12. The normalized spacial score (nSPS) is 11.3. The molecule has 0 atom stereocenters. The number of alkyl halides is 3. The van der Waals surface area contributed by atoms with Crippen LogP contribution in [0, 0.1) is 6.92 Å². The molecule has 0 unspecified atom stereocenters. The molecule has 2 aromatic carbocycles. The van der Waals surface area contributed by atoms with Crippen LogP contribution in [0.15, 0.2) is 42.5 Å². The number of nitrogens with zero attached hydrogens (tertiary/aromatic N) is 2. The van der Waals surface area contributed by atoms with Crippen LogP contribution in [0.25, 0.3) is 11.1 Å². The summed E-state index contributed by atoms with van der Waals surface area (Å²) in [5, 5.41) is 9.52. The number of halogens is 3. The summed E-state index contributed by atoms with van der Waals surface area (Å²) in [7, 11) is 1.53. The van der Waals surface area contributed by atoms with Crippen molar-refractivity contribution in [1.82, 2.24) is 10.2 Å². The van der Waals surface area contributed by atoms with Crippen molar-refractivity contribution >= 4 is 11.3 Å². The fourth-order valence-corrected chi connectivity index (χ4v) is 2.95. The van der Waals surface area contributed by atoms with Crippen LogP contribution < -0.4 is 14.2 Å². The zero-order chi connectivity index (χ0) is 19.4. The van der Waals surface area contributed by atoms with Crippen molar-refractivity contribution in [2.45, 2.75) is 19.9 Å². The summed E-state index contributed by atoms with van der Waals surface area (Å²) in [5.41, 5.74) is 1.43. The minimum Gasteiger partial charge on any atom is -0.497 e. The van der Waals surface area contributed by atoms with Crippen LogP contribution in [0.3, 0.4) is 0 Å². The summed E-state index contributed by atoms with van der Waals surface area (Å²) in [6.07, 6.45) is -4.72. The molecule has 1 aromatic heterocycles. The Morgan fingerprint density at radius 3 is 2.22 bits per heavy atom. The van der Waals surface area contributed by atoms with Crippen molar-refractivity contribution in [2.24, 2.45) is 0 Å². The Morgan fingerprint density at radius 1 is 0.926 bits per heavy atom. The molecule has 0 amide bonds. The average Bonchev–Trinajstić information content (AvgIpc) is 3.04. The highest BCUT2D eigenvalue weighted by Gasteiger charge is 2.30. The van der Waals surface area contributed by atoms with Crippen LogP contribution >= 0.6 is 11.3 Å². The van der Waals surface area contributed by atoms with Gasteiger partial charge >= 0.3 is 6.36 Å². The third kappa shape index (κ3) is 5.33. The van der Waals surface area contributed by atoms with Gasteiger partial charge < -0.3 is 14.2 Å². The third-order valence-electron chi connectivity index (χ3n) is 3.47. The number of hydrogen-bond acceptors (Lipinski definition) is 6. The van der Waals surface area contributed by atoms with E-state index in [9.17, 15) is 13.2 Å². The Balaban J connectivity index is 1.80. The minimum atomic E-state index is -4.72. The van der Waals surface area contributed by atoms with E-state index < -0.39 is 6.36 Å². The van der Waals surface area contributed by atoms with Crippen LogP contribution in [0.1, 0.15) is 10.0 Å². The number of ether oxygens (including phenoxy) is 3. The molecule has 0 aliphatic heterocycles. The molecule has 0 spiro atoms. The van der Waals surface area contributed by atoms with Gasteiger partial charge in [-0.1, -0.05) is 23.5 Å². The van der Waals surface area contributed by atoms with Gasteiger partial charge in [-0.2, -0.15) is 0 Å². The Hall–Kier alpha value is -2.81. The SMILES string of the molecule is COc1cc(OCc2nnc(C)s2)cc(-c2ccc(OC(F)(F)F)cc2)c1. The lowest BCUT2D eigenvalue weighted by atomic mass is 10.0. The highest BCUT2D eigenvalue weighted by atomic mass is 32.1. The molecule has 3 aromatic rings. The van der Waals surface area contributed by atoms with E-state index in [-0.39, 0.29) is 12.4 Å². The molecule has 0 saturated carbocycles. The predicted molar refractivity (Wildman–Crippen MR) is 94.1 cm³/mol. The molecule has 9 heteroatoms. The number of aromatic nitrogens is 2. The highest BCUT2D eigenvalue weighted by molar-refractivity contribution is 7.11. The molecule has 0 aliphatic carbocycles. The van der Waals surface area contributed by atoms with E-state index in [1.54, 1.807) is 18.2 Å². The van der Waals surface area contributed by atoms with Gasteiger partial charge in [0.05, 0.1) is 7.11 Å². The summed E-state index contributed by atoms with van der Waals surface area (Å²) in [6, 6.07) is 10.8. The molecule has 0 radical (unpaired) electrons. The van der Waals surface area contributed by atoms with E-state index >= 15 is 0 Å². The maximum absolute atomic E-state index is 12.3. The van der Waals surface area contributed by atoms with Gasteiger partial charge in [-0.15, -0.1) is 23.4 Å². The topological polar surface area (TPSA) is 53.5 Å². The number of rotatable bonds is 6. The standard InChI is InChI=1S/C18H15F3N2O3S/c1-11-22-23-17(27-11)10-25-16-8-13(7-15(9-16)24-2)12-3-5-14(6-4-12)26-18(19,20)21/h3-9H,10H2,1-2H3. The first-order valence-electron chi connectivity index (χ1n) is 7.79. The van der Waals surface area contributed by atoms with Gasteiger partial charge in [0, 0.05) is 6.07 Å². The van der Waals surface area contributed by atoms with Gasteiger partial charge in [0.2, 0.25) is 0 Å². The first-order chi connectivity index (χ1) is 12.8. The highest BCUT2D eigenvalue weighted by Crippen LogP contribution is 2.32. The third-order valence-corrected chi connectivity index (χ3v) is 4.28. The molecule has 0 aliphatic rings. The summed E-state index contributed by atoms with van der Waals surface area (Å²) in [6.45, 7) is 2.12. The zero-order valence-electron chi connectivity index (χ0n) is 14.4. The van der Waals surface area contributed by atoms with Crippen molar-refractivity contribution in [3.05, 3.63) is 52.5 Å².